The Balaban J connectivity index is 1.65. The van der Waals surface area contributed by atoms with Crippen LogP contribution in [0.1, 0.15) is 33.6 Å². The number of anilines is 1. The second kappa shape index (κ2) is 11.3. The summed E-state index contributed by atoms with van der Waals surface area (Å²) in [5, 5.41) is 0. The molecular formula is C29H27FN6O. The molecule has 186 valence electrons. The number of nitrogens with zero attached hydrogens (tertiary/aromatic N) is 5. The number of hydrogen-bond donors (Lipinski definition) is 1. The standard InChI is InChI=1S/C29H27FN6O/c1-4-7-26-24(11-8-20-9-13-27(31)32-17-20)28(34-19-33-26)21-10-12-23(25(30)16-21)29(37)36-15-14-22(18-36)35(5-2)6-3/h4-6,9-10,12-13,16-17,19,22H,1-3,7,14-15,18H2,(H2,31,32)/t22-/m0/s1. The van der Waals surface area contributed by atoms with Crippen molar-refractivity contribution >= 4 is 11.7 Å². The van der Waals surface area contributed by atoms with Crippen LogP contribution in [0.25, 0.3) is 11.3 Å². The number of hydrogen-bond acceptors (Lipinski definition) is 6. The van der Waals surface area contributed by atoms with Gasteiger partial charge in [-0.1, -0.05) is 37.1 Å². The summed E-state index contributed by atoms with van der Waals surface area (Å²) in [4.78, 5) is 29.4. The van der Waals surface area contributed by atoms with Gasteiger partial charge in [0.2, 0.25) is 0 Å². The molecule has 0 bridgehead atoms. The molecule has 1 amide bonds. The highest BCUT2D eigenvalue weighted by molar-refractivity contribution is 5.95. The summed E-state index contributed by atoms with van der Waals surface area (Å²) in [7, 11) is 0. The van der Waals surface area contributed by atoms with E-state index in [1.165, 1.54) is 18.5 Å². The average molecular weight is 495 g/mol. The van der Waals surface area contributed by atoms with E-state index in [0.717, 1.165) is 6.42 Å². The van der Waals surface area contributed by atoms with E-state index < -0.39 is 5.82 Å². The van der Waals surface area contributed by atoms with Crippen LogP contribution in [0.4, 0.5) is 10.2 Å². The minimum Gasteiger partial charge on any atom is -0.384 e. The van der Waals surface area contributed by atoms with E-state index in [2.05, 4.69) is 46.5 Å². The van der Waals surface area contributed by atoms with Gasteiger partial charge in [-0.3, -0.25) is 4.79 Å². The van der Waals surface area contributed by atoms with Gasteiger partial charge in [0.15, 0.2) is 0 Å². The number of likely N-dealkylation sites (tertiary alicyclic amines) is 1. The predicted octanol–water partition coefficient (Wildman–Crippen LogP) is 4.19. The van der Waals surface area contributed by atoms with Crippen LogP contribution in [0.5, 0.6) is 0 Å². The predicted molar refractivity (Wildman–Crippen MR) is 142 cm³/mol. The van der Waals surface area contributed by atoms with Gasteiger partial charge in [-0.25, -0.2) is 19.3 Å². The van der Waals surface area contributed by atoms with E-state index in [1.807, 2.05) is 4.90 Å². The number of halogens is 1. The molecule has 1 saturated heterocycles. The highest BCUT2D eigenvalue weighted by atomic mass is 19.1. The van der Waals surface area contributed by atoms with E-state index >= 15 is 4.39 Å². The fraction of sp³-hybridized carbons (Fsp3) is 0.172. The zero-order chi connectivity index (χ0) is 26.4. The van der Waals surface area contributed by atoms with E-state index in [1.54, 1.807) is 47.8 Å². The van der Waals surface area contributed by atoms with Crippen molar-refractivity contribution in [2.75, 3.05) is 18.8 Å². The summed E-state index contributed by atoms with van der Waals surface area (Å²) in [5.41, 5.74) is 8.50. The van der Waals surface area contributed by atoms with Crippen molar-refractivity contribution in [1.82, 2.24) is 24.8 Å². The van der Waals surface area contributed by atoms with Crippen molar-refractivity contribution in [3.05, 3.63) is 109 Å². The minimum atomic E-state index is -0.624. The van der Waals surface area contributed by atoms with Gasteiger partial charge < -0.3 is 15.5 Å². The molecule has 1 fully saturated rings. The molecule has 1 aliphatic rings. The Morgan fingerprint density at radius 1 is 1.16 bits per heavy atom. The summed E-state index contributed by atoms with van der Waals surface area (Å²) in [5.74, 6) is 5.57. The number of amides is 1. The Hall–Kier alpha value is -4.77. The van der Waals surface area contributed by atoms with Gasteiger partial charge in [-0.2, -0.15) is 0 Å². The van der Waals surface area contributed by atoms with E-state index in [-0.39, 0.29) is 17.5 Å². The Bertz CT molecular complexity index is 1400. The summed E-state index contributed by atoms with van der Waals surface area (Å²) in [6, 6.07) is 7.99. The molecule has 2 N–H and O–H groups in total. The number of carbonyl (C=O) groups excluding carboxylic acids is 1. The van der Waals surface area contributed by atoms with Crippen LogP contribution in [0.2, 0.25) is 0 Å². The zero-order valence-corrected chi connectivity index (χ0v) is 20.4. The number of nitrogen functional groups attached to an aromatic ring is 1. The van der Waals surface area contributed by atoms with Gasteiger partial charge in [-0.05, 0) is 43.1 Å². The third kappa shape index (κ3) is 5.57. The van der Waals surface area contributed by atoms with Crippen molar-refractivity contribution < 1.29 is 9.18 Å². The first kappa shape index (κ1) is 25.3. The third-order valence-electron chi connectivity index (χ3n) is 6.15. The average Bonchev–Trinajstić information content (AvgIpc) is 3.39. The van der Waals surface area contributed by atoms with Crippen LogP contribution in [-0.2, 0) is 6.42 Å². The number of nitrogens with two attached hydrogens (primary N) is 1. The lowest BCUT2D eigenvalue weighted by molar-refractivity contribution is 0.0781. The molecule has 1 aromatic carbocycles. The molecule has 37 heavy (non-hydrogen) atoms. The van der Waals surface area contributed by atoms with Gasteiger partial charge >= 0.3 is 0 Å². The molecular weight excluding hydrogens is 467 g/mol. The maximum Gasteiger partial charge on any atom is 0.256 e. The normalized spacial score (nSPS) is 14.4. The van der Waals surface area contributed by atoms with E-state index in [0.29, 0.717) is 53.4 Å². The minimum absolute atomic E-state index is 0.00844. The summed E-state index contributed by atoms with van der Waals surface area (Å²) in [6.45, 7) is 12.3. The molecule has 0 radical (unpaired) electrons. The number of benzene rings is 1. The van der Waals surface area contributed by atoms with Gasteiger partial charge in [0, 0.05) is 36.8 Å². The number of allylic oxidation sites excluding steroid dienone is 1. The van der Waals surface area contributed by atoms with Gasteiger partial charge in [0.05, 0.1) is 28.6 Å². The molecule has 3 heterocycles. The molecule has 2 aromatic heterocycles. The summed E-state index contributed by atoms with van der Waals surface area (Å²) >= 11 is 0. The van der Waals surface area contributed by atoms with E-state index in [4.69, 9.17) is 5.73 Å². The maximum absolute atomic E-state index is 15.3. The molecule has 3 aromatic rings. The Morgan fingerprint density at radius 2 is 1.97 bits per heavy atom. The monoisotopic (exact) mass is 494 g/mol. The highest BCUT2D eigenvalue weighted by Gasteiger charge is 2.30. The Labute approximate surface area is 215 Å². The summed E-state index contributed by atoms with van der Waals surface area (Å²) in [6.07, 6.45) is 9.26. The third-order valence-corrected chi connectivity index (χ3v) is 6.15. The number of carbonyl (C=O) groups is 1. The fourth-order valence-electron chi connectivity index (χ4n) is 4.23. The molecule has 7 nitrogen and oxygen atoms in total. The highest BCUT2D eigenvalue weighted by Crippen LogP contribution is 2.27. The Morgan fingerprint density at radius 3 is 2.65 bits per heavy atom. The smallest absolute Gasteiger partial charge is 0.256 e. The van der Waals surface area contributed by atoms with Crippen molar-refractivity contribution in [3.63, 3.8) is 0 Å². The second-order valence-corrected chi connectivity index (χ2v) is 8.46. The Kier molecular flexibility index (Phi) is 7.74. The summed E-state index contributed by atoms with van der Waals surface area (Å²) < 4.78 is 15.3. The molecule has 0 saturated carbocycles. The lowest BCUT2D eigenvalue weighted by Crippen LogP contribution is -2.34. The molecule has 4 rings (SSSR count). The van der Waals surface area contributed by atoms with Crippen LogP contribution in [0, 0.1) is 17.7 Å². The molecule has 0 aliphatic carbocycles. The van der Waals surface area contributed by atoms with Gasteiger partial charge in [0.1, 0.15) is 18.0 Å². The van der Waals surface area contributed by atoms with Crippen LogP contribution < -0.4 is 5.73 Å². The van der Waals surface area contributed by atoms with Gasteiger partial charge in [0.25, 0.3) is 5.91 Å². The zero-order valence-electron chi connectivity index (χ0n) is 20.4. The SMILES string of the molecule is C=CCc1ncnc(-c2ccc(C(=O)N3CC[C@H](N(C=C)C=C)C3)c(F)c2)c1C#Cc1ccc(N)nc1. The van der Waals surface area contributed by atoms with E-state index in [9.17, 15) is 4.79 Å². The molecule has 1 atom stereocenters. The van der Waals surface area contributed by atoms with Crippen LogP contribution in [0.3, 0.4) is 0 Å². The van der Waals surface area contributed by atoms with Crippen LogP contribution >= 0.6 is 0 Å². The van der Waals surface area contributed by atoms with Crippen molar-refractivity contribution in [2.45, 2.75) is 18.9 Å². The van der Waals surface area contributed by atoms with Crippen molar-refractivity contribution in [1.29, 1.82) is 0 Å². The lowest BCUT2D eigenvalue weighted by atomic mass is 10.0. The number of pyridine rings is 1. The maximum atomic E-state index is 15.3. The first-order valence-electron chi connectivity index (χ1n) is 11.7. The van der Waals surface area contributed by atoms with Crippen molar-refractivity contribution in [2.24, 2.45) is 0 Å². The fourth-order valence-corrected chi connectivity index (χ4v) is 4.23. The molecule has 8 heteroatoms. The second-order valence-electron chi connectivity index (χ2n) is 8.46. The lowest BCUT2D eigenvalue weighted by Gasteiger charge is -2.23. The van der Waals surface area contributed by atoms with Crippen LogP contribution in [0.15, 0.2) is 81.1 Å². The largest absolute Gasteiger partial charge is 0.384 e. The topological polar surface area (TPSA) is 88.2 Å². The first-order valence-corrected chi connectivity index (χ1v) is 11.7. The number of rotatable bonds is 7. The van der Waals surface area contributed by atoms with Crippen molar-refractivity contribution in [3.8, 4) is 23.1 Å². The molecule has 0 spiro atoms. The van der Waals surface area contributed by atoms with Crippen LogP contribution in [-0.4, -0.2) is 49.8 Å². The molecule has 0 unspecified atom stereocenters. The molecule has 1 aliphatic heterocycles. The first-order chi connectivity index (χ1) is 17.9. The quantitative estimate of drug-likeness (QED) is 0.391. The van der Waals surface area contributed by atoms with Gasteiger partial charge in [-0.15, -0.1) is 6.58 Å². The number of aromatic nitrogens is 3.